The Bertz CT molecular complexity index is 2260. The first-order valence-electron chi connectivity index (χ1n) is 15.9. The van der Waals surface area contributed by atoms with E-state index in [9.17, 15) is 0 Å². The summed E-state index contributed by atoms with van der Waals surface area (Å²) in [6, 6.07) is 44.1. The zero-order valence-electron chi connectivity index (χ0n) is 25.6. The van der Waals surface area contributed by atoms with Crippen LogP contribution < -0.4 is 15.7 Å². The maximum atomic E-state index is 2.74. The SMILES string of the molecule is Cc1cc2c3c(c1)C1c4ccccc4-c4cccc(c41)B3N(c1ccccc1C)c1c-2ccc2c1C(C)(C)c1ccccc1-2. The third-order valence-electron chi connectivity index (χ3n) is 11.1. The normalized spacial score (nSPS) is 17.0. The van der Waals surface area contributed by atoms with E-state index in [1.165, 1.54) is 94.6 Å². The molecule has 2 heteroatoms. The summed E-state index contributed by atoms with van der Waals surface area (Å²) in [5, 5.41) is 0. The first kappa shape index (κ1) is 24.6. The fourth-order valence-electron chi connectivity index (χ4n) is 9.40. The van der Waals surface area contributed by atoms with E-state index in [1.54, 1.807) is 0 Å². The van der Waals surface area contributed by atoms with E-state index in [4.69, 9.17) is 0 Å². The van der Waals surface area contributed by atoms with Gasteiger partial charge in [0, 0.05) is 28.3 Å². The van der Waals surface area contributed by atoms with Gasteiger partial charge in [-0.1, -0.05) is 129 Å². The average molecular weight is 562 g/mol. The summed E-state index contributed by atoms with van der Waals surface area (Å²) in [5.74, 6) is 0.262. The molecule has 0 spiro atoms. The second-order valence-corrected chi connectivity index (χ2v) is 13.8. The Morgan fingerprint density at radius 1 is 0.614 bits per heavy atom. The molecular formula is C42H32BN. The Morgan fingerprint density at radius 3 is 2.20 bits per heavy atom. The van der Waals surface area contributed by atoms with E-state index in [0.29, 0.717) is 0 Å². The number of fused-ring (bicyclic) bond motifs is 11. The summed E-state index contributed by atoms with van der Waals surface area (Å²) < 4.78 is 0. The summed E-state index contributed by atoms with van der Waals surface area (Å²) in [4.78, 5) is 2.74. The van der Waals surface area contributed by atoms with E-state index in [2.05, 4.69) is 148 Å². The summed E-state index contributed by atoms with van der Waals surface area (Å²) in [5.41, 5.74) is 23.7. The van der Waals surface area contributed by atoms with Crippen molar-refractivity contribution in [1.29, 1.82) is 0 Å². The number of aryl methyl sites for hydroxylation is 2. The minimum atomic E-state index is -0.131. The van der Waals surface area contributed by atoms with Crippen molar-refractivity contribution in [3.05, 3.63) is 154 Å². The molecule has 2 aliphatic heterocycles. The van der Waals surface area contributed by atoms with Crippen molar-refractivity contribution < 1.29 is 0 Å². The summed E-state index contributed by atoms with van der Waals surface area (Å²) in [7, 11) is 0. The van der Waals surface area contributed by atoms with Gasteiger partial charge in [0.05, 0.1) is 0 Å². The molecule has 0 fully saturated rings. The molecule has 1 unspecified atom stereocenters. The highest BCUT2D eigenvalue weighted by atomic mass is 15.1. The van der Waals surface area contributed by atoms with Crippen molar-refractivity contribution in [2.75, 3.05) is 4.81 Å². The van der Waals surface area contributed by atoms with Crippen LogP contribution >= 0.6 is 0 Å². The molecule has 0 saturated carbocycles. The monoisotopic (exact) mass is 561 g/mol. The van der Waals surface area contributed by atoms with Gasteiger partial charge in [-0.25, -0.2) is 0 Å². The number of hydrogen-bond acceptors (Lipinski definition) is 1. The van der Waals surface area contributed by atoms with Gasteiger partial charge in [-0.2, -0.15) is 0 Å². The molecule has 44 heavy (non-hydrogen) atoms. The van der Waals surface area contributed by atoms with Gasteiger partial charge < -0.3 is 4.81 Å². The molecule has 2 heterocycles. The number of anilines is 2. The van der Waals surface area contributed by atoms with Crippen LogP contribution in [0.4, 0.5) is 11.4 Å². The van der Waals surface area contributed by atoms with Crippen LogP contribution in [-0.2, 0) is 5.41 Å². The quantitative estimate of drug-likeness (QED) is 0.181. The van der Waals surface area contributed by atoms with E-state index in [1.807, 2.05) is 0 Å². The van der Waals surface area contributed by atoms with Gasteiger partial charge in [0.15, 0.2) is 0 Å². The number of benzene rings is 6. The zero-order chi connectivity index (χ0) is 29.5. The highest BCUT2D eigenvalue weighted by Gasteiger charge is 2.51. The van der Waals surface area contributed by atoms with E-state index < -0.39 is 0 Å². The van der Waals surface area contributed by atoms with Gasteiger partial charge >= 0.3 is 6.85 Å². The van der Waals surface area contributed by atoms with Crippen molar-refractivity contribution >= 4 is 29.1 Å². The molecule has 6 aromatic carbocycles. The zero-order valence-corrected chi connectivity index (χ0v) is 25.6. The van der Waals surface area contributed by atoms with Gasteiger partial charge in [0.2, 0.25) is 0 Å². The molecule has 0 N–H and O–H groups in total. The van der Waals surface area contributed by atoms with Crippen LogP contribution in [0.3, 0.4) is 0 Å². The van der Waals surface area contributed by atoms with Crippen LogP contribution in [0.15, 0.2) is 115 Å². The maximum absolute atomic E-state index is 2.74. The van der Waals surface area contributed by atoms with E-state index in [0.717, 1.165) is 0 Å². The largest absolute Gasteiger partial charge is 0.376 e. The highest BCUT2D eigenvalue weighted by Crippen LogP contribution is 2.58. The van der Waals surface area contributed by atoms with Gasteiger partial charge in [-0.3, -0.25) is 0 Å². The molecule has 6 aromatic rings. The number of para-hydroxylation sites is 1. The predicted molar refractivity (Wildman–Crippen MR) is 185 cm³/mol. The molecule has 0 bridgehead atoms. The van der Waals surface area contributed by atoms with Crippen molar-refractivity contribution in [1.82, 2.24) is 0 Å². The fraction of sp³-hybridized carbons (Fsp3) is 0.143. The van der Waals surface area contributed by atoms with Gasteiger partial charge in [0.1, 0.15) is 0 Å². The summed E-state index contributed by atoms with van der Waals surface area (Å²) >= 11 is 0. The van der Waals surface area contributed by atoms with Crippen molar-refractivity contribution in [2.45, 2.75) is 39.0 Å². The van der Waals surface area contributed by atoms with Crippen molar-refractivity contribution in [3.8, 4) is 33.4 Å². The first-order chi connectivity index (χ1) is 21.4. The Kier molecular flexibility index (Phi) is 4.59. The van der Waals surface area contributed by atoms with Crippen LogP contribution in [0.5, 0.6) is 0 Å². The smallest absolute Gasteiger partial charge is 0.329 e. The lowest BCUT2D eigenvalue weighted by Gasteiger charge is -2.46. The summed E-state index contributed by atoms with van der Waals surface area (Å²) in [6.07, 6.45) is 0. The number of nitrogens with zero attached hydrogens (tertiary/aromatic N) is 1. The lowest BCUT2D eigenvalue weighted by atomic mass is 9.40. The first-order valence-corrected chi connectivity index (χ1v) is 15.9. The number of rotatable bonds is 1. The lowest BCUT2D eigenvalue weighted by molar-refractivity contribution is 0.661. The maximum Gasteiger partial charge on any atom is 0.329 e. The molecule has 4 aliphatic rings. The topological polar surface area (TPSA) is 3.24 Å². The second kappa shape index (κ2) is 8.21. The Hall–Kier alpha value is -4.82. The molecule has 10 rings (SSSR count). The molecule has 1 nitrogen and oxygen atoms in total. The molecule has 0 aromatic heterocycles. The third-order valence-corrected chi connectivity index (χ3v) is 11.1. The Labute approximate surface area is 259 Å². The average Bonchev–Trinajstić information content (AvgIpc) is 3.50. The Morgan fingerprint density at radius 2 is 1.34 bits per heavy atom. The molecule has 2 aliphatic carbocycles. The van der Waals surface area contributed by atoms with Gasteiger partial charge in [-0.05, 0) is 92.0 Å². The van der Waals surface area contributed by atoms with Crippen LogP contribution in [0.2, 0.25) is 0 Å². The van der Waals surface area contributed by atoms with Crippen molar-refractivity contribution in [3.63, 3.8) is 0 Å². The summed E-state index contributed by atoms with van der Waals surface area (Å²) in [6.45, 7) is 9.51. The minimum Gasteiger partial charge on any atom is -0.376 e. The predicted octanol–water partition coefficient (Wildman–Crippen LogP) is 9.01. The molecular weight excluding hydrogens is 529 g/mol. The van der Waals surface area contributed by atoms with Gasteiger partial charge in [-0.15, -0.1) is 0 Å². The standard InChI is InChI=1S/C42H32BN/c1-24-22-32-31-21-20-30-27-14-8-9-17-34(27)42(3,4)39(30)41(31)44(36-19-10-5-12-25(36)2)43-35-18-11-16-29-26-13-6-7-15-28(26)37(38(29)35)33(23-24)40(32)43/h5-23,37H,1-4H3. The molecule has 208 valence electrons. The van der Waals surface area contributed by atoms with Crippen LogP contribution in [0, 0.1) is 13.8 Å². The van der Waals surface area contributed by atoms with Crippen LogP contribution in [0.1, 0.15) is 58.7 Å². The Balaban J connectivity index is 1.39. The highest BCUT2D eigenvalue weighted by molar-refractivity contribution is 6.92. The minimum absolute atomic E-state index is 0.0840. The number of hydrogen-bond donors (Lipinski definition) is 0. The van der Waals surface area contributed by atoms with Gasteiger partial charge in [0.25, 0.3) is 0 Å². The fourth-order valence-corrected chi connectivity index (χ4v) is 9.40. The van der Waals surface area contributed by atoms with Crippen LogP contribution in [0.25, 0.3) is 33.4 Å². The molecule has 1 atom stereocenters. The molecule has 0 amide bonds. The lowest BCUT2D eigenvalue weighted by Crippen LogP contribution is -2.62. The van der Waals surface area contributed by atoms with Crippen LogP contribution in [-0.4, -0.2) is 6.85 Å². The van der Waals surface area contributed by atoms with Crippen molar-refractivity contribution in [2.24, 2.45) is 0 Å². The third kappa shape index (κ3) is 2.83. The molecule has 0 saturated heterocycles. The van der Waals surface area contributed by atoms with E-state index >= 15 is 0 Å². The molecule has 0 radical (unpaired) electrons. The van der Waals surface area contributed by atoms with E-state index in [-0.39, 0.29) is 18.2 Å². The second-order valence-electron chi connectivity index (χ2n) is 13.8.